The molecule has 3 aromatic heterocycles. The summed E-state index contributed by atoms with van der Waals surface area (Å²) in [5.74, 6) is -2.60. The van der Waals surface area contributed by atoms with Crippen molar-refractivity contribution in [2.45, 2.75) is 39.3 Å². The van der Waals surface area contributed by atoms with Crippen LogP contribution < -0.4 is 20.8 Å². The lowest BCUT2D eigenvalue weighted by atomic mass is 9.99. The Morgan fingerprint density at radius 1 is 1.02 bits per heavy atom. The number of carbonyl (C=O) groups excluding carboxylic acids is 3. The summed E-state index contributed by atoms with van der Waals surface area (Å²) in [5.41, 5.74) is -1.16. The first-order chi connectivity index (χ1) is 22.8. The summed E-state index contributed by atoms with van der Waals surface area (Å²) in [6.07, 6.45) is 4.19. The van der Waals surface area contributed by atoms with Gasteiger partial charge in [-0.2, -0.15) is 0 Å². The third kappa shape index (κ3) is 6.52. The predicted octanol–water partition coefficient (Wildman–Crippen LogP) is 6.71. The normalized spacial score (nSPS) is 13.0. The zero-order valence-electron chi connectivity index (χ0n) is 25.9. The lowest BCUT2D eigenvalue weighted by Crippen LogP contribution is -2.31. The van der Waals surface area contributed by atoms with Crippen LogP contribution in [0.1, 0.15) is 48.0 Å². The Labute approximate surface area is 286 Å². The number of benzene rings is 2. The zero-order valence-corrected chi connectivity index (χ0v) is 28.1. The highest BCUT2D eigenvalue weighted by atomic mass is 127. The molecule has 1 aliphatic heterocycles. The molecule has 48 heavy (non-hydrogen) atoms. The molecule has 0 bridgehead atoms. The number of anilines is 1. The minimum Gasteiger partial charge on any atom is -0.453 e. The molecule has 6 rings (SSSR count). The molecule has 5 aromatic rings. The molecule has 4 heterocycles. The van der Waals surface area contributed by atoms with E-state index in [1.807, 2.05) is 22.6 Å². The summed E-state index contributed by atoms with van der Waals surface area (Å²) in [4.78, 5) is 57.2. The van der Waals surface area contributed by atoms with E-state index in [2.05, 4.69) is 15.6 Å². The third-order valence-corrected chi connectivity index (χ3v) is 8.15. The number of aryl methyl sites for hydroxylation is 1. The molecule has 246 valence electrons. The summed E-state index contributed by atoms with van der Waals surface area (Å²) in [6.45, 7) is 5.95. The Hall–Kier alpha value is -5.12. The first kappa shape index (κ1) is 32.8. The van der Waals surface area contributed by atoms with E-state index >= 15 is 4.39 Å². The van der Waals surface area contributed by atoms with E-state index in [0.29, 0.717) is 28.5 Å². The van der Waals surface area contributed by atoms with Crippen LogP contribution in [0, 0.1) is 15.2 Å². The third-order valence-electron chi connectivity index (χ3n) is 7.34. The van der Waals surface area contributed by atoms with Crippen LogP contribution in [-0.2, 0) is 11.3 Å². The molecular weight excluding hydrogens is 739 g/mol. The van der Waals surface area contributed by atoms with E-state index in [1.54, 1.807) is 27.0 Å². The Bertz CT molecular complexity index is 2170. The number of halogens is 3. The second-order valence-electron chi connectivity index (χ2n) is 11.9. The van der Waals surface area contributed by atoms with Gasteiger partial charge in [0.05, 0.1) is 10.9 Å². The molecule has 11 nitrogen and oxygen atoms in total. The van der Waals surface area contributed by atoms with Gasteiger partial charge < -0.3 is 24.7 Å². The predicted molar refractivity (Wildman–Crippen MR) is 182 cm³/mol. The number of hydrogen-bond donors (Lipinski definition) is 2. The highest BCUT2D eigenvalue weighted by molar-refractivity contribution is 14.1. The number of amides is 2. The van der Waals surface area contributed by atoms with Gasteiger partial charge in [0.2, 0.25) is 5.43 Å². The average Bonchev–Trinajstić information content (AvgIpc) is 3.26. The fourth-order valence-corrected chi connectivity index (χ4v) is 6.05. The Balaban J connectivity index is 1.29. The summed E-state index contributed by atoms with van der Waals surface area (Å²) in [6, 6.07) is 10.3. The fourth-order valence-electron chi connectivity index (χ4n) is 5.26. The molecule has 2 aromatic carbocycles. The van der Waals surface area contributed by atoms with Gasteiger partial charge in [0.1, 0.15) is 28.4 Å². The molecule has 2 amide bonds. The number of rotatable bonds is 5. The van der Waals surface area contributed by atoms with Crippen molar-refractivity contribution in [3.63, 3.8) is 0 Å². The Kier molecular flexibility index (Phi) is 8.76. The van der Waals surface area contributed by atoms with Gasteiger partial charge in [-0.1, -0.05) is 12.1 Å². The summed E-state index contributed by atoms with van der Waals surface area (Å²) in [5, 5.41) is 5.76. The van der Waals surface area contributed by atoms with Crippen molar-refractivity contribution in [3.8, 4) is 22.6 Å². The van der Waals surface area contributed by atoms with E-state index in [4.69, 9.17) is 9.47 Å². The first-order valence-electron chi connectivity index (χ1n) is 14.8. The Morgan fingerprint density at radius 3 is 2.48 bits per heavy atom. The van der Waals surface area contributed by atoms with E-state index in [1.165, 1.54) is 51.9 Å². The monoisotopic (exact) mass is 767 g/mol. The molecule has 0 unspecified atom stereocenters. The van der Waals surface area contributed by atoms with Crippen molar-refractivity contribution in [1.29, 1.82) is 0 Å². The standard InChI is InChI=1S/C34H28F2IN5O6/c1-34(2,3)48-33(46)42-17-23(37)27-25(11-13-38-30(27)42)47-24-10-9-20(15-22(24)36)40-31(44)21-16-41-14-4-12-39-32(45)28(41)26(29(21)43)18-5-7-19(35)8-6-18/h5-11,13,15-17H,4,12,14H2,1-3H3,(H,39,45)(H,40,44). The van der Waals surface area contributed by atoms with Crippen LogP contribution in [-0.4, -0.2) is 44.2 Å². The lowest BCUT2D eigenvalue weighted by Gasteiger charge is -2.19. The van der Waals surface area contributed by atoms with Crippen molar-refractivity contribution < 1.29 is 32.6 Å². The van der Waals surface area contributed by atoms with Crippen LogP contribution in [0.3, 0.4) is 0 Å². The molecule has 0 aliphatic carbocycles. The summed E-state index contributed by atoms with van der Waals surface area (Å²) < 4.78 is 43.9. The van der Waals surface area contributed by atoms with Crippen LogP contribution in [0.15, 0.2) is 71.9 Å². The van der Waals surface area contributed by atoms with Gasteiger partial charge in [-0.05, 0) is 85.7 Å². The number of ether oxygens (including phenoxy) is 2. The Morgan fingerprint density at radius 2 is 1.77 bits per heavy atom. The lowest BCUT2D eigenvalue weighted by molar-refractivity contribution is 0.0543. The van der Waals surface area contributed by atoms with E-state index in [-0.39, 0.29) is 45.2 Å². The fraction of sp³-hybridized carbons (Fsp3) is 0.206. The quantitative estimate of drug-likeness (QED) is 0.190. The van der Waals surface area contributed by atoms with Gasteiger partial charge >= 0.3 is 6.09 Å². The molecule has 2 N–H and O–H groups in total. The van der Waals surface area contributed by atoms with Gasteiger partial charge in [0.15, 0.2) is 17.2 Å². The van der Waals surface area contributed by atoms with Crippen LogP contribution >= 0.6 is 22.6 Å². The van der Waals surface area contributed by atoms with Crippen molar-refractivity contribution >= 4 is 57.2 Å². The van der Waals surface area contributed by atoms with E-state index in [9.17, 15) is 23.6 Å². The smallest absolute Gasteiger partial charge is 0.420 e. The highest BCUT2D eigenvalue weighted by Crippen LogP contribution is 2.35. The molecule has 0 radical (unpaired) electrons. The van der Waals surface area contributed by atoms with E-state index in [0.717, 1.165) is 18.2 Å². The van der Waals surface area contributed by atoms with Crippen LogP contribution in [0.25, 0.3) is 22.2 Å². The number of aromatic nitrogens is 3. The van der Waals surface area contributed by atoms with Crippen molar-refractivity contribution in [2.75, 3.05) is 11.9 Å². The highest BCUT2D eigenvalue weighted by Gasteiger charge is 2.27. The van der Waals surface area contributed by atoms with Gasteiger partial charge in [-0.3, -0.25) is 14.4 Å². The van der Waals surface area contributed by atoms with Gasteiger partial charge in [-0.15, -0.1) is 0 Å². The molecule has 0 saturated carbocycles. The summed E-state index contributed by atoms with van der Waals surface area (Å²) in [7, 11) is 0. The second kappa shape index (κ2) is 12.8. The maximum absolute atomic E-state index is 15.4. The minimum atomic E-state index is -0.828. The largest absolute Gasteiger partial charge is 0.453 e. The molecular formula is C34H28F2IN5O6. The van der Waals surface area contributed by atoms with Gasteiger partial charge in [-0.25, -0.2) is 23.1 Å². The molecule has 1 aliphatic rings. The maximum Gasteiger partial charge on any atom is 0.420 e. The first-order valence-corrected chi connectivity index (χ1v) is 15.9. The van der Waals surface area contributed by atoms with Crippen LogP contribution in [0.2, 0.25) is 0 Å². The molecule has 14 heteroatoms. The zero-order chi connectivity index (χ0) is 34.3. The number of hydrogen-bond acceptors (Lipinski definition) is 7. The summed E-state index contributed by atoms with van der Waals surface area (Å²) >= 11 is 2.02. The molecule has 0 fully saturated rings. The maximum atomic E-state index is 15.4. The second-order valence-corrected chi connectivity index (χ2v) is 13.1. The topological polar surface area (TPSA) is 134 Å². The molecule has 0 saturated heterocycles. The number of fused-ring (bicyclic) bond motifs is 2. The van der Waals surface area contributed by atoms with Gasteiger partial charge in [0.25, 0.3) is 11.8 Å². The number of pyridine rings is 2. The van der Waals surface area contributed by atoms with Gasteiger partial charge in [0, 0.05) is 47.0 Å². The van der Waals surface area contributed by atoms with Crippen LogP contribution in [0.5, 0.6) is 11.5 Å². The minimum absolute atomic E-state index is 0.0378. The van der Waals surface area contributed by atoms with Crippen LogP contribution in [0.4, 0.5) is 19.3 Å². The van der Waals surface area contributed by atoms with E-state index < -0.39 is 40.6 Å². The number of nitrogens with one attached hydrogen (secondary N) is 2. The molecule has 0 spiro atoms. The SMILES string of the molecule is CC(C)(C)OC(=O)n1cc(I)c2c(Oc3ccc(NC(=O)c4cn5c(c(-c6ccc(F)cc6)c4=O)C(=O)NCCC5)cc3F)ccnc21. The van der Waals surface area contributed by atoms with Crippen molar-refractivity contribution in [2.24, 2.45) is 0 Å². The van der Waals surface area contributed by atoms with Crippen molar-refractivity contribution in [3.05, 3.63) is 104 Å². The molecule has 0 atom stereocenters. The number of carbonyl (C=O) groups is 3. The number of nitrogens with zero attached hydrogens (tertiary/aromatic N) is 3. The average molecular weight is 768 g/mol. The van der Waals surface area contributed by atoms with Crippen molar-refractivity contribution in [1.82, 2.24) is 19.4 Å².